The molecule has 86 valence electrons. The van der Waals surface area contributed by atoms with Gasteiger partial charge in [0, 0.05) is 11.8 Å². The monoisotopic (exact) mass is 222 g/mol. The van der Waals surface area contributed by atoms with Gasteiger partial charge in [-0.2, -0.15) is 0 Å². The van der Waals surface area contributed by atoms with Gasteiger partial charge in [0.1, 0.15) is 12.2 Å². The summed E-state index contributed by atoms with van der Waals surface area (Å²) < 4.78 is 16.7. The maximum absolute atomic E-state index is 11.2. The molecule has 0 N–H and O–H groups in total. The van der Waals surface area contributed by atoms with Crippen molar-refractivity contribution >= 4 is 6.16 Å². The van der Waals surface area contributed by atoms with E-state index in [4.69, 9.17) is 14.2 Å². The number of ether oxygens (including phenoxy) is 3. The molecule has 0 spiro atoms. The average Bonchev–Trinajstić information content (AvgIpc) is 2.98. The number of fused-ring (bicyclic) bond motifs is 12. The zero-order valence-corrected chi connectivity index (χ0v) is 8.87. The molecule has 3 heterocycles. The summed E-state index contributed by atoms with van der Waals surface area (Å²) in [6.07, 6.45) is 4.15. The van der Waals surface area contributed by atoms with Crippen molar-refractivity contribution in [3.8, 4) is 0 Å². The van der Waals surface area contributed by atoms with Crippen LogP contribution in [0.15, 0.2) is 0 Å². The number of carbonyl (C=O) groups is 1. The predicted octanol–water partition coefficient (Wildman–Crippen LogP) is 1.33. The Morgan fingerprint density at radius 2 is 1.50 bits per heavy atom. The Bertz CT molecular complexity index is 349. The van der Waals surface area contributed by atoms with E-state index in [1.807, 2.05) is 0 Å². The highest BCUT2D eigenvalue weighted by Gasteiger charge is 2.70. The fourth-order valence-electron chi connectivity index (χ4n) is 5.25. The van der Waals surface area contributed by atoms with Crippen LogP contribution in [0, 0.1) is 23.7 Å². The van der Waals surface area contributed by atoms with E-state index in [1.165, 1.54) is 19.3 Å². The first kappa shape index (κ1) is 8.34. The zero-order chi connectivity index (χ0) is 10.4. The van der Waals surface area contributed by atoms with E-state index >= 15 is 0 Å². The van der Waals surface area contributed by atoms with Gasteiger partial charge < -0.3 is 14.2 Å². The van der Waals surface area contributed by atoms with Crippen molar-refractivity contribution in [1.82, 2.24) is 0 Å². The summed E-state index contributed by atoms with van der Waals surface area (Å²) in [5.74, 6) is 2.34. The van der Waals surface area contributed by atoms with Gasteiger partial charge in [-0.1, -0.05) is 0 Å². The van der Waals surface area contributed by atoms with Crippen molar-refractivity contribution < 1.29 is 19.0 Å². The number of carbonyl (C=O) groups excluding carboxylic acids is 1. The standard InChI is InChI=1S/C12H14O4/c13-12-15-10-4-3-5(11(10)16-12)9-7-2-1-6(14-7)8(4)9/h4-11H,1-3H2/t4?,5?,6-,7?,8?,9?,10?,11?/m1/s1. The van der Waals surface area contributed by atoms with E-state index in [0.717, 1.165) is 0 Å². The van der Waals surface area contributed by atoms with Crippen LogP contribution in [-0.4, -0.2) is 30.6 Å². The van der Waals surface area contributed by atoms with Crippen molar-refractivity contribution in [3.05, 3.63) is 0 Å². The van der Waals surface area contributed by atoms with Crippen LogP contribution in [0.3, 0.4) is 0 Å². The molecular weight excluding hydrogens is 208 g/mol. The van der Waals surface area contributed by atoms with Crippen molar-refractivity contribution in [2.24, 2.45) is 23.7 Å². The maximum Gasteiger partial charge on any atom is 0.509 e. The Hall–Kier alpha value is -0.770. The highest BCUT2D eigenvalue weighted by Crippen LogP contribution is 2.64. The predicted molar refractivity (Wildman–Crippen MR) is 51.6 cm³/mol. The van der Waals surface area contributed by atoms with E-state index in [1.54, 1.807) is 0 Å². The van der Waals surface area contributed by atoms with E-state index in [-0.39, 0.29) is 12.2 Å². The summed E-state index contributed by atoms with van der Waals surface area (Å²) >= 11 is 0. The minimum atomic E-state index is -0.446. The minimum Gasteiger partial charge on any atom is -0.427 e. The average molecular weight is 222 g/mol. The van der Waals surface area contributed by atoms with Crippen molar-refractivity contribution in [2.75, 3.05) is 0 Å². The quantitative estimate of drug-likeness (QED) is 0.580. The summed E-state index contributed by atoms with van der Waals surface area (Å²) in [4.78, 5) is 11.2. The van der Waals surface area contributed by atoms with Gasteiger partial charge in [-0.05, 0) is 31.1 Å². The lowest BCUT2D eigenvalue weighted by atomic mass is 9.69. The van der Waals surface area contributed by atoms with Gasteiger partial charge in [-0.25, -0.2) is 4.79 Å². The molecule has 5 rings (SSSR count). The fraction of sp³-hybridized carbons (Fsp3) is 0.917. The Morgan fingerprint density at radius 3 is 2.06 bits per heavy atom. The Balaban J connectivity index is 1.57. The van der Waals surface area contributed by atoms with Crippen LogP contribution in [0.2, 0.25) is 0 Å². The minimum absolute atomic E-state index is 0.0432. The highest BCUT2D eigenvalue weighted by molar-refractivity contribution is 5.63. The summed E-state index contributed by atoms with van der Waals surface area (Å²) in [7, 11) is 0. The van der Waals surface area contributed by atoms with Crippen molar-refractivity contribution in [3.63, 3.8) is 0 Å². The van der Waals surface area contributed by atoms with Gasteiger partial charge in [0.05, 0.1) is 12.2 Å². The lowest BCUT2D eigenvalue weighted by Crippen LogP contribution is -2.44. The third-order valence-electron chi connectivity index (χ3n) is 5.55. The lowest BCUT2D eigenvalue weighted by molar-refractivity contribution is 0.0269. The summed E-state index contributed by atoms with van der Waals surface area (Å²) in [5, 5.41) is 0. The van der Waals surface area contributed by atoms with E-state index in [0.29, 0.717) is 35.9 Å². The third kappa shape index (κ3) is 0.725. The van der Waals surface area contributed by atoms with Gasteiger partial charge in [0.2, 0.25) is 0 Å². The topological polar surface area (TPSA) is 44.8 Å². The molecule has 3 saturated heterocycles. The summed E-state index contributed by atoms with van der Waals surface area (Å²) in [6, 6.07) is 0. The first-order chi connectivity index (χ1) is 7.83. The second kappa shape index (κ2) is 2.40. The SMILES string of the molecule is O=C1OC2C3CC(C2O1)C1C3C2CC[C@H]1O2. The van der Waals surface area contributed by atoms with Crippen LogP contribution < -0.4 is 0 Å². The molecule has 7 unspecified atom stereocenters. The molecular formula is C12H14O4. The molecule has 2 saturated carbocycles. The second-order valence-electron chi connectivity index (χ2n) is 5.92. The molecule has 5 aliphatic rings. The molecule has 4 heteroatoms. The largest absolute Gasteiger partial charge is 0.509 e. The summed E-state index contributed by atoms with van der Waals surface area (Å²) in [6.45, 7) is 0. The summed E-state index contributed by atoms with van der Waals surface area (Å²) in [5.41, 5.74) is 0. The molecule has 4 nitrogen and oxygen atoms in total. The molecule has 0 aromatic rings. The van der Waals surface area contributed by atoms with Crippen LogP contribution in [-0.2, 0) is 14.2 Å². The Morgan fingerprint density at radius 1 is 0.938 bits per heavy atom. The van der Waals surface area contributed by atoms with E-state index in [2.05, 4.69) is 0 Å². The highest BCUT2D eigenvalue weighted by atomic mass is 16.8. The van der Waals surface area contributed by atoms with Crippen LogP contribution in [0.25, 0.3) is 0 Å². The van der Waals surface area contributed by atoms with E-state index < -0.39 is 6.16 Å². The fourth-order valence-corrected chi connectivity index (χ4v) is 5.25. The van der Waals surface area contributed by atoms with Gasteiger partial charge in [0.15, 0.2) is 0 Å². The van der Waals surface area contributed by atoms with Crippen molar-refractivity contribution in [1.29, 1.82) is 0 Å². The molecule has 8 atom stereocenters. The normalized spacial score (nSPS) is 64.4. The third-order valence-corrected chi connectivity index (χ3v) is 5.55. The number of hydrogen-bond acceptors (Lipinski definition) is 4. The zero-order valence-electron chi connectivity index (χ0n) is 8.87. The molecule has 16 heavy (non-hydrogen) atoms. The number of hydrogen-bond donors (Lipinski definition) is 0. The van der Waals surface area contributed by atoms with Gasteiger partial charge in [0.25, 0.3) is 0 Å². The van der Waals surface area contributed by atoms with Gasteiger partial charge in [-0.3, -0.25) is 0 Å². The molecule has 4 bridgehead atoms. The molecule has 0 aromatic carbocycles. The lowest BCUT2D eigenvalue weighted by Gasteiger charge is -2.35. The molecule has 3 aliphatic heterocycles. The molecule has 5 fully saturated rings. The smallest absolute Gasteiger partial charge is 0.427 e. The molecule has 0 aromatic heterocycles. The first-order valence-electron chi connectivity index (χ1n) is 6.35. The van der Waals surface area contributed by atoms with Crippen LogP contribution in [0.4, 0.5) is 4.79 Å². The van der Waals surface area contributed by atoms with Crippen LogP contribution >= 0.6 is 0 Å². The maximum atomic E-state index is 11.2. The van der Waals surface area contributed by atoms with Gasteiger partial charge in [-0.15, -0.1) is 0 Å². The Labute approximate surface area is 93.2 Å². The molecule has 0 radical (unpaired) electrons. The second-order valence-corrected chi connectivity index (χ2v) is 5.92. The number of rotatable bonds is 0. The molecule has 0 amide bonds. The van der Waals surface area contributed by atoms with Crippen molar-refractivity contribution in [2.45, 2.75) is 43.7 Å². The van der Waals surface area contributed by atoms with E-state index in [9.17, 15) is 4.79 Å². The van der Waals surface area contributed by atoms with Crippen LogP contribution in [0.5, 0.6) is 0 Å². The molecule has 2 aliphatic carbocycles. The van der Waals surface area contributed by atoms with Crippen LogP contribution in [0.1, 0.15) is 19.3 Å². The van der Waals surface area contributed by atoms with Gasteiger partial charge >= 0.3 is 6.16 Å². The Kier molecular flexibility index (Phi) is 1.25. The first-order valence-corrected chi connectivity index (χ1v) is 6.35.